The lowest BCUT2D eigenvalue weighted by Gasteiger charge is -2.17. The Labute approximate surface area is 153 Å². The first-order chi connectivity index (χ1) is 11.9. The second-order valence-corrected chi connectivity index (χ2v) is 8.76. The van der Waals surface area contributed by atoms with E-state index in [1.54, 1.807) is 43.5 Å². The Hall–Kier alpha value is -1.36. The van der Waals surface area contributed by atoms with E-state index < -0.39 is 13.5 Å². The maximum atomic E-state index is 12.3. The highest BCUT2D eigenvalue weighted by atomic mass is 35.5. The summed E-state index contributed by atoms with van der Waals surface area (Å²) in [5.74, 6) is 0.697. The lowest BCUT2D eigenvalue weighted by molar-refractivity contribution is 0.190. The summed E-state index contributed by atoms with van der Waals surface area (Å²) in [5.41, 5.74) is 1.77. The first-order valence-electron chi connectivity index (χ1n) is 7.95. The highest BCUT2D eigenvalue weighted by molar-refractivity contribution is 7.57. The SMILES string of the molecule is COc1ccc(CP(=O)(O)C[C@@H](O)CNCc2ccc(Cl)cc2)cc1. The fourth-order valence-corrected chi connectivity index (χ4v) is 4.28. The number of halogens is 1. The highest BCUT2D eigenvalue weighted by Crippen LogP contribution is 2.45. The van der Waals surface area contributed by atoms with E-state index in [0.29, 0.717) is 17.3 Å². The third-order valence-corrected chi connectivity index (χ3v) is 5.81. The predicted molar refractivity (Wildman–Crippen MR) is 101 cm³/mol. The zero-order valence-electron chi connectivity index (χ0n) is 14.1. The summed E-state index contributed by atoms with van der Waals surface area (Å²) < 4.78 is 17.4. The van der Waals surface area contributed by atoms with Crippen molar-refractivity contribution in [3.05, 3.63) is 64.7 Å². The Morgan fingerprint density at radius 2 is 1.72 bits per heavy atom. The molecule has 3 N–H and O–H groups in total. The summed E-state index contributed by atoms with van der Waals surface area (Å²) in [4.78, 5) is 10.1. The molecule has 2 aromatic carbocycles. The van der Waals surface area contributed by atoms with Crippen LogP contribution in [0.2, 0.25) is 5.02 Å². The van der Waals surface area contributed by atoms with Crippen LogP contribution in [0.3, 0.4) is 0 Å². The first-order valence-corrected chi connectivity index (χ1v) is 10.4. The molecule has 5 nitrogen and oxygen atoms in total. The minimum Gasteiger partial charge on any atom is -0.497 e. The molecular formula is C18H23ClNO4P. The van der Waals surface area contributed by atoms with Crippen molar-refractivity contribution in [2.75, 3.05) is 19.8 Å². The molecular weight excluding hydrogens is 361 g/mol. The molecule has 2 rings (SSSR count). The fraction of sp³-hybridized carbons (Fsp3) is 0.333. The number of aliphatic hydroxyl groups is 1. The standard InChI is InChI=1S/C18H23ClNO4P/c1-24-18-8-4-15(5-9-18)12-25(22,23)13-17(21)11-20-10-14-2-6-16(19)7-3-14/h2-9,17,20-21H,10-13H2,1H3,(H,22,23)/t17-/m0/s1. The Morgan fingerprint density at radius 3 is 2.32 bits per heavy atom. The minimum absolute atomic E-state index is 0.0330. The van der Waals surface area contributed by atoms with Crippen LogP contribution in [0.4, 0.5) is 0 Å². The van der Waals surface area contributed by atoms with Gasteiger partial charge in [-0.2, -0.15) is 0 Å². The zero-order chi connectivity index (χ0) is 18.3. The molecule has 136 valence electrons. The molecule has 2 aromatic rings. The van der Waals surface area contributed by atoms with Gasteiger partial charge in [-0.15, -0.1) is 0 Å². The van der Waals surface area contributed by atoms with Crippen molar-refractivity contribution in [3.63, 3.8) is 0 Å². The van der Waals surface area contributed by atoms with E-state index in [1.165, 1.54) is 0 Å². The molecule has 25 heavy (non-hydrogen) atoms. The van der Waals surface area contributed by atoms with Crippen LogP contribution in [0.15, 0.2) is 48.5 Å². The van der Waals surface area contributed by atoms with Crippen molar-refractivity contribution < 1.29 is 19.3 Å². The maximum absolute atomic E-state index is 12.3. The van der Waals surface area contributed by atoms with Crippen molar-refractivity contribution in [2.24, 2.45) is 0 Å². The van der Waals surface area contributed by atoms with Crippen LogP contribution < -0.4 is 10.1 Å². The smallest absolute Gasteiger partial charge is 0.207 e. The fourth-order valence-electron chi connectivity index (χ4n) is 2.46. The summed E-state index contributed by atoms with van der Waals surface area (Å²) in [5, 5.41) is 13.8. The van der Waals surface area contributed by atoms with E-state index in [9.17, 15) is 14.6 Å². The van der Waals surface area contributed by atoms with Crippen molar-refractivity contribution in [1.29, 1.82) is 0 Å². The molecule has 0 aliphatic heterocycles. The van der Waals surface area contributed by atoms with Gasteiger partial charge in [-0.3, -0.25) is 4.57 Å². The van der Waals surface area contributed by atoms with Gasteiger partial charge >= 0.3 is 0 Å². The van der Waals surface area contributed by atoms with E-state index in [2.05, 4.69) is 5.32 Å². The van der Waals surface area contributed by atoms with Gasteiger partial charge in [-0.1, -0.05) is 35.9 Å². The number of hydrogen-bond acceptors (Lipinski definition) is 4. The third kappa shape index (κ3) is 7.18. The number of ether oxygens (including phenoxy) is 1. The van der Waals surface area contributed by atoms with Gasteiger partial charge in [0.1, 0.15) is 5.75 Å². The molecule has 0 radical (unpaired) electrons. The molecule has 0 fully saturated rings. The summed E-state index contributed by atoms with van der Waals surface area (Å²) in [6, 6.07) is 14.4. The molecule has 0 aromatic heterocycles. The van der Waals surface area contributed by atoms with Gasteiger partial charge < -0.3 is 20.1 Å². The summed E-state index contributed by atoms with van der Waals surface area (Å²) in [7, 11) is -1.89. The molecule has 2 atom stereocenters. The zero-order valence-corrected chi connectivity index (χ0v) is 15.7. The average molecular weight is 384 g/mol. The van der Waals surface area contributed by atoms with Crippen LogP contribution >= 0.6 is 19.0 Å². The number of methoxy groups -OCH3 is 1. The monoisotopic (exact) mass is 383 g/mol. The summed E-state index contributed by atoms with van der Waals surface area (Å²) in [6.07, 6.45) is -1.00. The maximum Gasteiger partial charge on any atom is 0.207 e. The molecule has 0 saturated heterocycles. The van der Waals surface area contributed by atoms with Gasteiger partial charge in [0.2, 0.25) is 7.37 Å². The molecule has 0 saturated carbocycles. The minimum atomic E-state index is -3.46. The lowest BCUT2D eigenvalue weighted by Crippen LogP contribution is -2.29. The van der Waals surface area contributed by atoms with E-state index in [1.807, 2.05) is 12.1 Å². The highest BCUT2D eigenvalue weighted by Gasteiger charge is 2.23. The molecule has 0 heterocycles. The second kappa shape index (κ2) is 9.37. The van der Waals surface area contributed by atoms with Crippen molar-refractivity contribution >= 4 is 19.0 Å². The number of rotatable bonds is 9. The topological polar surface area (TPSA) is 78.8 Å². The van der Waals surface area contributed by atoms with Gasteiger partial charge in [0.15, 0.2) is 0 Å². The number of hydrogen-bond donors (Lipinski definition) is 3. The van der Waals surface area contributed by atoms with Gasteiger partial charge in [0.05, 0.1) is 19.4 Å². The number of aliphatic hydroxyl groups excluding tert-OH is 1. The van der Waals surface area contributed by atoms with Crippen molar-refractivity contribution in [3.8, 4) is 5.75 Å². The quantitative estimate of drug-likeness (QED) is 0.579. The summed E-state index contributed by atoms with van der Waals surface area (Å²) in [6.45, 7) is 0.804. The first kappa shape index (κ1) is 20.0. The van der Waals surface area contributed by atoms with Crippen LogP contribution in [-0.4, -0.2) is 35.9 Å². The van der Waals surface area contributed by atoms with Crippen LogP contribution in [0.25, 0.3) is 0 Å². The largest absolute Gasteiger partial charge is 0.497 e. The van der Waals surface area contributed by atoms with Gasteiger partial charge in [-0.25, -0.2) is 0 Å². The molecule has 0 bridgehead atoms. The molecule has 7 heteroatoms. The normalized spacial score (nSPS) is 14.7. The Kier molecular flexibility index (Phi) is 7.48. The molecule has 0 aliphatic rings. The van der Waals surface area contributed by atoms with E-state index in [4.69, 9.17) is 16.3 Å². The van der Waals surface area contributed by atoms with Gasteiger partial charge in [-0.05, 0) is 35.4 Å². The second-order valence-electron chi connectivity index (χ2n) is 5.95. The van der Waals surface area contributed by atoms with Crippen molar-refractivity contribution in [2.45, 2.75) is 18.8 Å². The van der Waals surface area contributed by atoms with Crippen LogP contribution in [-0.2, 0) is 17.3 Å². The van der Waals surface area contributed by atoms with Crippen LogP contribution in [0, 0.1) is 0 Å². The van der Waals surface area contributed by atoms with Crippen LogP contribution in [0.1, 0.15) is 11.1 Å². The van der Waals surface area contributed by atoms with Gasteiger partial charge in [0, 0.05) is 24.3 Å². The Bertz CT molecular complexity index is 706. The van der Waals surface area contributed by atoms with Gasteiger partial charge in [0.25, 0.3) is 0 Å². The average Bonchev–Trinajstić information content (AvgIpc) is 2.56. The lowest BCUT2D eigenvalue weighted by atomic mass is 10.2. The number of benzene rings is 2. The third-order valence-electron chi connectivity index (χ3n) is 3.71. The summed E-state index contributed by atoms with van der Waals surface area (Å²) >= 11 is 5.83. The Morgan fingerprint density at radius 1 is 1.12 bits per heavy atom. The van der Waals surface area contributed by atoms with Crippen LogP contribution in [0.5, 0.6) is 5.75 Å². The number of nitrogens with one attached hydrogen (secondary N) is 1. The van der Waals surface area contributed by atoms with Crippen molar-refractivity contribution in [1.82, 2.24) is 5.32 Å². The molecule has 1 unspecified atom stereocenters. The van der Waals surface area contributed by atoms with E-state index in [0.717, 1.165) is 11.1 Å². The molecule has 0 spiro atoms. The van der Waals surface area contributed by atoms with E-state index in [-0.39, 0.29) is 18.9 Å². The predicted octanol–water partition coefficient (Wildman–Crippen LogP) is 3.27. The molecule has 0 amide bonds. The van der Waals surface area contributed by atoms with E-state index >= 15 is 0 Å². The Balaban J connectivity index is 1.78. The molecule has 0 aliphatic carbocycles.